The van der Waals surface area contributed by atoms with Crippen LogP contribution in [0.15, 0.2) is 180 Å². The van der Waals surface area contributed by atoms with Crippen molar-refractivity contribution in [1.82, 2.24) is 0 Å². The Labute approximate surface area is 297 Å². The zero-order valence-corrected chi connectivity index (χ0v) is 28.6. The molecule has 0 amide bonds. The van der Waals surface area contributed by atoms with E-state index in [1.807, 2.05) is 12.1 Å². The molecular formula is C49H35NO. The topological polar surface area (TPSA) is 16.4 Å². The third-order valence-electron chi connectivity index (χ3n) is 10.9. The van der Waals surface area contributed by atoms with Crippen molar-refractivity contribution >= 4 is 49.8 Å². The number of fused-ring (bicyclic) bond motifs is 7. The predicted octanol–water partition coefficient (Wildman–Crippen LogP) is 13.8. The van der Waals surface area contributed by atoms with Crippen LogP contribution in [0, 0.1) is 0 Å². The molecule has 1 aliphatic rings. The maximum absolute atomic E-state index is 6.48. The van der Waals surface area contributed by atoms with Crippen LogP contribution in [0.2, 0.25) is 0 Å². The highest BCUT2D eigenvalue weighted by atomic mass is 16.3. The van der Waals surface area contributed by atoms with Crippen molar-refractivity contribution in [1.29, 1.82) is 0 Å². The van der Waals surface area contributed by atoms with E-state index in [0.717, 1.165) is 39.0 Å². The van der Waals surface area contributed by atoms with Crippen molar-refractivity contribution in [3.05, 3.63) is 187 Å². The second-order valence-electron chi connectivity index (χ2n) is 14.1. The van der Waals surface area contributed by atoms with Crippen LogP contribution < -0.4 is 4.90 Å². The SMILES string of the molecule is CC1(C)c2cc(N(c3ccc4c(c3)oc3ccccc34)c3ccc4ccccc4c3-c3ccccc3)ccc2-c2c(-c3ccccc3)cccc21. The summed E-state index contributed by atoms with van der Waals surface area (Å²) in [6, 6.07) is 63.7. The van der Waals surface area contributed by atoms with Crippen molar-refractivity contribution < 1.29 is 4.42 Å². The van der Waals surface area contributed by atoms with Gasteiger partial charge >= 0.3 is 0 Å². The molecule has 0 bridgehead atoms. The Morgan fingerprint density at radius 2 is 1.10 bits per heavy atom. The maximum Gasteiger partial charge on any atom is 0.137 e. The van der Waals surface area contributed by atoms with E-state index in [1.165, 1.54) is 55.3 Å². The molecule has 1 aromatic heterocycles. The van der Waals surface area contributed by atoms with Gasteiger partial charge in [-0.15, -0.1) is 0 Å². The standard InChI is InChI=1S/C49H35NO/c1-49(2)42-22-13-21-38(32-14-5-3-6-15-32)48(42)41-28-26-35(30-43(41)49)50(36-25-27-40-39-20-11-12-23-45(39)51-46(40)31-36)44-29-24-33-16-9-10-19-37(33)47(44)34-17-7-4-8-18-34/h3-31H,1-2H3. The fraction of sp³-hybridized carbons (Fsp3) is 0.0612. The summed E-state index contributed by atoms with van der Waals surface area (Å²) in [6.45, 7) is 4.74. The van der Waals surface area contributed by atoms with E-state index in [1.54, 1.807) is 0 Å². The van der Waals surface area contributed by atoms with E-state index >= 15 is 0 Å². The molecule has 1 heterocycles. The van der Waals surface area contributed by atoms with Crippen LogP contribution in [0.5, 0.6) is 0 Å². The number of anilines is 3. The van der Waals surface area contributed by atoms with E-state index in [2.05, 4.69) is 183 Å². The highest BCUT2D eigenvalue weighted by Gasteiger charge is 2.37. The highest BCUT2D eigenvalue weighted by Crippen LogP contribution is 2.54. The molecule has 0 atom stereocenters. The molecule has 2 nitrogen and oxygen atoms in total. The number of rotatable bonds is 5. The van der Waals surface area contributed by atoms with E-state index in [0.29, 0.717) is 0 Å². The Morgan fingerprint density at radius 1 is 0.431 bits per heavy atom. The van der Waals surface area contributed by atoms with Crippen molar-refractivity contribution in [2.75, 3.05) is 4.90 Å². The predicted molar refractivity (Wildman–Crippen MR) is 214 cm³/mol. The van der Waals surface area contributed by atoms with Crippen LogP contribution in [0.25, 0.3) is 66.1 Å². The minimum Gasteiger partial charge on any atom is -0.456 e. The Hall–Kier alpha value is -6.38. The molecule has 10 rings (SSSR count). The number of nitrogens with zero attached hydrogens (tertiary/aromatic N) is 1. The van der Waals surface area contributed by atoms with Crippen LogP contribution in [0.3, 0.4) is 0 Å². The van der Waals surface area contributed by atoms with Gasteiger partial charge in [0.05, 0.1) is 5.69 Å². The molecule has 8 aromatic carbocycles. The molecule has 1 aliphatic carbocycles. The van der Waals surface area contributed by atoms with E-state index in [9.17, 15) is 0 Å². The molecular weight excluding hydrogens is 619 g/mol. The van der Waals surface area contributed by atoms with Gasteiger partial charge in [0.25, 0.3) is 0 Å². The summed E-state index contributed by atoms with van der Waals surface area (Å²) in [5, 5.41) is 4.69. The third kappa shape index (κ3) is 4.57. The first kappa shape index (κ1) is 29.5. The largest absolute Gasteiger partial charge is 0.456 e. The smallest absolute Gasteiger partial charge is 0.137 e. The minimum atomic E-state index is -0.189. The van der Waals surface area contributed by atoms with Crippen molar-refractivity contribution in [3.63, 3.8) is 0 Å². The van der Waals surface area contributed by atoms with Gasteiger partial charge in [0, 0.05) is 39.2 Å². The highest BCUT2D eigenvalue weighted by molar-refractivity contribution is 6.08. The molecule has 0 saturated heterocycles. The number of para-hydroxylation sites is 1. The van der Waals surface area contributed by atoms with Gasteiger partial charge in [0.2, 0.25) is 0 Å². The lowest BCUT2D eigenvalue weighted by Gasteiger charge is -2.30. The minimum absolute atomic E-state index is 0.189. The zero-order chi connectivity index (χ0) is 34.1. The fourth-order valence-corrected chi connectivity index (χ4v) is 8.41. The van der Waals surface area contributed by atoms with Crippen molar-refractivity contribution in [3.8, 4) is 33.4 Å². The van der Waals surface area contributed by atoms with Crippen LogP contribution in [-0.4, -0.2) is 0 Å². The van der Waals surface area contributed by atoms with E-state index in [4.69, 9.17) is 4.42 Å². The lowest BCUT2D eigenvalue weighted by Crippen LogP contribution is -2.17. The summed E-state index contributed by atoms with van der Waals surface area (Å²) < 4.78 is 6.48. The second kappa shape index (κ2) is 11.3. The number of furan rings is 1. The molecule has 51 heavy (non-hydrogen) atoms. The molecule has 242 valence electrons. The fourth-order valence-electron chi connectivity index (χ4n) is 8.41. The molecule has 0 aliphatic heterocycles. The Balaban J connectivity index is 1.24. The summed E-state index contributed by atoms with van der Waals surface area (Å²) in [5.74, 6) is 0. The maximum atomic E-state index is 6.48. The lowest BCUT2D eigenvalue weighted by atomic mass is 9.81. The average molecular weight is 654 g/mol. The van der Waals surface area contributed by atoms with Crippen LogP contribution >= 0.6 is 0 Å². The molecule has 0 unspecified atom stereocenters. The molecule has 0 N–H and O–H groups in total. The van der Waals surface area contributed by atoms with Gasteiger partial charge in [-0.3, -0.25) is 0 Å². The Morgan fingerprint density at radius 3 is 1.92 bits per heavy atom. The first-order valence-corrected chi connectivity index (χ1v) is 17.7. The first-order chi connectivity index (χ1) is 25.1. The number of hydrogen-bond acceptors (Lipinski definition) is 2. The summed E-state index contributed by atoms with van der Waals surface area (Å²) in [6.07, 6.45) is 0. The van der Waals surface area contributed by atoms with E-state index < -0.39 is 0 Å². The first-order valence-electron chi connectivity index (χ1n) is 17.7. The van der Waals surface area contributed by atoms with Crippen molar-refractivity contribution in [2.24, 2.45) is 0 Å². The van der Waals surface area contributed by atoms with Gasteiger partial charge in [-0.1, -0.05) is 147 Å². The van der Waals surface area contributed by atoms with Crippen LogP contribution in [0.4, 0.5) is 17.1 Å². The van der Waals surface area contributed by atoms with Crippen LogP contribution in [0.1, 0.15) is 25.0 Å². The second-order valence-corrected chi connectivity index (χ2v) is 14.1. The van der Waals surface area contributed by atoms with Gasteiger partial charge in [-0.2, -0.15) is 0 Å². The molecule has 9 aromatic rings. The third-order valence-corrected chi connectivity index (χ3v) is 10.9. The van der Waals surface area contributed by atoms with Gasteiger partial charge in [0.1, 0.15) is 11.2 Å². The Bertz CT molecular complexity index is 2770. The van der Waals surface area contributed by atoms with Gasteiger partial charge in [-0.05, 0) is 86.1 Å². The van der Waals surface area contributed by atoms with Crippen molar-refractivity contribution in [2.45, 2.75) is 19.3 Å². The molecule has 0 fully saturated rings. The van der Waals surface area contributed by atoms with E-state index in [-0.39, 0.29) is 5.41 Å². The molecule has 0 radical (unpaired) electrons. The zero-order valence-electron chi connectivity index (χ0n) is 28.6. The lowest BCUT2D eigenvalue weighted by molar-refractivity contribution is 0.660. The normalized spacial score (nSPS) is 13.1. The molecule has 2 heteroatoms. The van der Waals surface area contributed by atoms with Gasteiger partial charge in [0.15, 0.2) is 0 Å². The molecule has 0 saturated carbocycles. The summed E-state index contributed by atoms with van der Waals surface area (Å²) in [7, 11) is 0. The summed E-state index contributed by atoms with van der Waals surface area (Å²) in [5.41, 5.74) is 15.1. The summed E-state index contributed by atoms with van der Waals surface area (Å²) >= 11 is 0. The number of benzene rings is 8. The van der Waals surface area contributed by atoms with Gasteiger partial charge in [-0.25, -0.2) is 0 Å². The molecule has 0 spiro atoms. The monoisotopic (exact) mass is 653 g/mol. The number of hydrogen-bond donors (Lipinski definition) is 0. The van der Waals surface area contributed by atoms with Gasteiger partial charge < -0.3 is 9.32 Å². The quantitative estimate of drug-likeness (QED) is 0.184. The van der Waals surface area contributed by atoms with Crippen LogP contribution in [-0.2, 0) is 5.41 Å². The Kier molecular flexibility index (Phi) is 6.56. The summed E-state index contributed by atoms with van der Waals surface area (Å²) in [4.78, 5) is 2.43. The average Bonchev–Trinajstić information content (AvgIpc) is 3.67.